The molecule has 1 saturated carbocycles. The first-order valence-electron chi connectivity index (χ1n) is 7.59. The third-order valence-electron chi connectivity index (χ3n) is 4.56. The van der Waals surface area contributed by atoms with Crippen LogP contribution in [0.2, 0.25) is 0 Å². The zero-order valence-corrected chi connectivity index (χ0v) is 14.5. The number of phenolic OH excluding ortho intramolecular Hbond substituents is 1. The summed E-state index contributed by atoms with van der Waals surface area (Å²) in [6.07, 6.45) is 3.59. The van der Waals surface area contributed by atoms with E-state index in [1.54, 1.807) is 6.07 Å². The molecule has 0 radical (unpaired) electrons. The molecule has 2 N–H and O–H groups in total. The average Bonchev–Trinajstić information content (AvgIpc) is 3.27. The Hall–Kier alpha value is -0.550. The molecule has 3 nitrogen and oxygen atoms in total. The first kappa shape index (κ1) is 19.5. The number of benzene rings is 1. The highest BCUT2D eigenvalue weighted by molar-refractivity contribution is 5.85. The monoisotopic (exact) mass is 350 g/mol. The Morgan fingerprint density at radius 3 is 2.50 bits per heavy atom. The van der Waals surface area contributed by atoms with Crippen molar-refractivity contribution in [3.8, 4) is 5.75 Å². The van der Waals surface area contributed by atoms with Gasteiger partial charge in [-0.3, -0.25) is 4.90 Å². The molecule has 1 heterocycles. The summed E-state index contributed by atoms with van der Waals surface area (Å²) in [5, 5.41) is 13.5. The lowest BCUT2D eigenvalue weighted by molar-refractivity contribution is 0.157. The second-order valence-corrected chi connectivity index (χ2v) is 6.11. The van der Waals surface area contributed by atoms with Gasteiger partial charge in [-0.15, -0.1) is 24.8 Å². The molecule has 22 heavy (non-hydrogen) atoms. The van der Waals surface area contributed by atoms with Crippen LogP contribution >= 0.6 is 24.8 Å². The molecule has 1 atom stereocenters. The second-order valence-electron chi connectivity index (χ2n) is 6.11. The standard InChI is InChI=1S/C16H23FN2O.2ClH/c1-11-2-5-13(17)16(20)15(11)14(10-12-3-4-12)19-8-6-18-7-9-19;;/h2,5,12,14,18,20H,3-4,6-10H2,1H3;2*1H/t14-;;/m1../s1. The largest absolute Gasteiger partial charge is 0.505 e. The minimum atomic E-state index is -0.499. The van der Waals surface area contributed by atoms with E-state index in [1.165, 1.54) is 18.9 Å². The highest BCUT2D eigenvalue weighted by Gasteiger charge is 2.33. The van der Waals surface area contributed by atoms with Gasteiger partial charge in [-0.25, -0.2) is 4.39 Å². The fourth-order valence-corrected chi connectivity index (χ4v) is 3.22. The van der Waals surface area contributed by atoms with E-state index in [1.807, 2.05) is 6.92 Å². The number of aromatic hydroxyl groups is 1. The van der Waals surface area contributed by atoms with Crippen molar-refractivity contribution >= 4 is 24.8 Å². The third-order valence-corrected chi connectivity index (χ3v) is 4.56. The molecule has 0 aromatic heterocycles. The van der Waals surface area contributed by atoms with Crippen LogP contribution in [0.4, 0.5) is 4.39 Å². The normalized spacial score (nSPS) is 19.9. The molecule has 1 aromatic rings. The number of halogens is 3. The minimum Gasteiger partial charge on any atom is -0.505 e. The first-order chi connectivity index (χ1) is 9.66. The number of rotatable bonds is 4. The van der Waals surface area contributed by atoms with Crippen molar-refractivity contribution < 1.29 is 9.50 Å². The van der Waals surface area contributed by atoms with Gasteiger partial charge >= 0.3 is 0 Å². The number of piperazine rings is 1. The summed E-state index contributed by atoms with van der Waals surface area (Å²) in [6.45, 7) is 5.84. The molecule has 2 aliphatic rings. The Morgan fingerprint density at radius 2 is 1.91 bits per heavy atom. The quantitative estimate of drug-likeness (QED) is 0.873. The number of phenols is 1. The van der Waals surface area contributed by atoms with Gasteiger partial charge in [0.15, 0.2) is 11.6 Å². The SMILES string of the molecule is Cc1ccc(F)c(O)c1[C@@H](CC1CC1)N1CCNCC1.Cl.Cl. The minimum absolute atomic E-state index is 0. The summed E-state index contributed by atoms with van der Waals surface area (Å²) >= 11 is 0. The molecule has 1 aromatic carbocycles. The van der Waals surface area contributed by atoms with Gasteiger partial charge in [-0.2, -0.15) is 0 Å². The van der Waals surface area contributed by atoms with Crippen LogP contribution in [-0.4, -0.2) is 36.2 Å². The fraction of sp³-hybridized carbons (Fsp3) is 0.625. The summed E-state index contributed by atoms with van der Waals surface area (Å²) in [7, 11) is 0. The molecular formula is C16H25Cl2FN2O. The maximum Gasteiger partial charge on any atom is 0.165 e. The predicted molar refractivity (Wildman–Crippen MR) is 91.8 cm³/mol. The molecule has 0 unspecified atom stereocenters. The Morgan fingerprint density at radius 1 is 1.27 bits per heavy atom. The zero-order chi connectivity index (χ0) is 14.1. The number of nitrogens with zero attached hydrogens (tertiary/aromatic N) is 1. The van der Waals surface area contributed by atoms with Crippen LogP contribution in [0.3, 0.4) is 0 Å². The highest BCUT2D eigenvalue weighted by atomic mass is 35.5. The van der Waals surface area contributed by atoms with Crippen LogP contribution in [0, 0.1) is 18.7 Å². The van der Waals surface area contributed by atoms with Gasteiger partial charge < -0.3 is 10.4 Å². The zero-order valence-electron chi connectivity index (χ0n) is 12.8. The molecule has 1 saturated heterocycles. The van der Waals surface area contributed by atoms with Crippen molar-refractivity contribution in [3.05, 3.63) is 29.1 Å². The summed E-state index contributed by atoms with van der Waals surface area (Å²) < 4.78 is 13.8. The van der Waals surface area contributed by atoms with Gasteiger partial charge in [0.2, 0.25) is 0 Å². The Balaban J connectivity index is 0.00000121. The summed E-state index contributed by atoms with van der Waals surface area (Å²) in [6, 6.07) is 3.30. The van der Waals surface area contributed by atoms with Gasteiger partial charge in [0.25, 0.3) is 0 Å². The van der Waals surface area contributed by atoms with E-state index in [2.05, 4.69) is 10.2 Å². The van der Waals surface area contributed by atoms with Gasteiger partial charge in [-0.05, 0) is 30.9 Å². The van der Waals surface area contributed by atoms with E-state index in [0.29, 0.717) is 0 Å². The van der Waals surface area contributed by atoms with Gasteiger partial charge in [0, 0.05) is 37.8 Å². The fourth-order valence-electron chi connectivity index (χ4n) is 3.22. The predicted octanol–water partition coefficient (Wildman–Crippen LogP) is 3.43. The van der Waals surface area contributed by atoms with Crippen LogP contribution < -0.4 is 5.32 Å². The maximum absolute atomic E-state index is 13.8. The lowest BCUT2D eigenvalue weighted by atomic mass is 9.93. The second kappa shape index (κ2) is 8.34. The van der Waals surface area contributed by atoms with Gasteiger partial charge in [0.05, 0.1) is 0 Å². The van der Waals surface area contributed by atoms with Crippen LogP contribution in [0.1, 0.15) is 36.4 Å². The third kappa shape index (κ3) is 4.25. The molecule has 0 bridgehead atoms. The molecule has 1 aliphatic carbocycles. The van der Waals surface area contributed by atoms with Crippen LogP contribution in [0.15, 0.2) is 12.1 Å². The average molecular weight is 351 g/mol. The topological polar surface area (TPSA) is 35.5 Å². The molecule has 1 aliphatic heterocycles. The molecule has 2 fully saturated rings. The van der Waals surface area contributed by atoms with Crippen molar-refractivity contribution in [1.29, 1.82) is 0 Å². The van der Waals surface area contributed by atoms with E-state index >= 15 is 0 Å². The molecule has 3 rings (SSSR count). The summed E-state index contributed by atoms with van der Waals surface area (Å²) in [4.78, 5) is 2.40. The number of nitrogens with one attached hydrogen (secondary N) is 1. The lowest BCUT2D eigenvalue weighted by Crippen LogP contribution is -2.45. The number of aryl methyl sites for hydroxylation is 1. The summed E-state index contributed by atoms with van der Waals surface area (Å²) in [5.74, 6) is 0.104. The Bertz CT molecular complexity index is 491. The van der Waals surface area contributed by atoms with Crippen molar-refractivity contribution in [2.24, 2.45) is 5.92 Å². The Labute approximate surface area is 144 Å². The number of hydrogen-bond acceptors (Lipinski definition) is 3. The van der Waals surface area contributed by atoms with Crippen LogP contribution in [0.5, 0.6) is 5.75 Å². The maximum atomic E-state index is 13.8. The smallest absolute Gasteiger partial charge is 0.165 e. The summed E-state index contributed by atoms with van der Waals surface area (Å²) in [5.41, 5.74) is 1.80. The first-order valence-corrected chi connectivity index (χ1v) is 7.59. The molecule has 0 amide bonds. The van der Waals surface area contributed by atoms with E-state index in [-0.39, 0.29) is 36.6 Å². The number of hydrogen-bond donors (Lipinski definition) is 2. The van der Waals surface area contributed by atoms with Gasteiger partial charge in [0.1, 0.15) is 0 Å². The lowest BCUT2D eigenvalue weighted by Gasteiger charge is -2.36. The van der Waals surface area contributed by atoms with E-state index < -0.39 is 5.82 Å². The molecular weight excluding hydrogens is 326 g/mol. The van der Waals surface area contributed by atoms with E-state index in [4.69, 9.17) is 0 Å². The van der Waals surface area contributed by atoms with Crippen molar-refractivity contribution in [2.45, 2.75) is 32.2 Å². The Kier molecular flexibility index (Phi) is 7.39. The van der Waals surface area contributed by atoms with Crippen molar-refractivity contribution in [3.63, 3.8) is 0 Å². The van der Waals surface area contributed by atoms with Crippen LogP contribution in [-0.2, 0) is 0 Å². The van der Waals surface area contributed by atoms with E-state index in [0.717, 1.165) is 49.6 Å². The van der Waals surface area contributed by atoms with Crippen molar-refractivity contribution in [2.75, 3.05) is 26.2 Å². The molecule has 126 valence electrons. The van der Waals surface area contributed by atoms with Crippen LogP contribution in [0.25, 0.3) is 0 Å². The highest BCUT2D eigenvalue weighted by Crippen LogP contribution is 2.43. The van der Waals surface area contributed by atoms with E-state index in [9.17, 15) is 9.50 Å². The molecule has 0 spiro atoms. The van der Waals surface area contributed by atoms with Crippen molar-refractivity contribution in [1.82, 2.24) is 10.2 Å². The molecule has 6 heteroatoms. The van der Waals surface area contributed by atoms with Gasteiger partial charge in [-0.1, -0.05) is 18.9 Å².